The smallest absolute Gasteiger partial charge is 0.332 e. The van der Waals surface area contributed by atoms with Crippen LogP contribution in [0.4, 0.5) is 5.95 Å². The van der Waals surface area contributed by atoms with Crippen molar-refractivity contribution in [2.45, 2.75) is 12.6 Å². The van der Waals surface area contributed by atoms with Crippen molar-refractivity contribution in [1.29, 1.82) is 0 Å². The molecule has 30 heavy (non-hydrogen) atoms. The highest BCUT2D eigenvalue weighted by Gasteiger charge is 2.21. The van der Waals surface area contributed by atoms with Crippen molar-refractivity contribution < 1.29 is 9.84 Å². The number of benzene rings is 1. The van der Waals surface area contributed by atoms with E-state index in [2.05, 4.69) is 22.1 Å². The van der Waals surface area contributed by atoms with Gasteiger partial charge in [-0.2, -0.15) is 10.1 Å². The van der Waals surface area contributed by atoms with Crippen LogP contribution in [0.5, 0.6) is 0 Å². The SMILES string of the molecule is C=CCOC[C@@H](O)Cn1c(N/N=C\c2ccccc2)nc2c1c(=O)n(C)c(=O)n2C. The number of rotatable bonds is 9. The average Bonchev–Trinajstić information content (AvgIpc) is 3.10. The van der Waals surface area contributed by atoms with Gasteiger partial charge in [-0.25, -0.2) is 10.2 Å². The molecule has 0 unspecified atom stereocenters. The molecule has 1 aromatic carbocycles. The predicted molar refractivity (Wildman–Crippen MR) is 115 cm³/mol. The first-order valence-electron chi connectivity index (χ1n) is 9.31. The minimum atomic E-state index is -0.914. The zero-order chi connectivity index (χ0) is 21.7. The molecule has 1 atom stereocenters. The van der Waals surface area contributed by atoms with Gasteiger partial charge in [0, 0.05) is 14.1 Å². The van der Waals surface area contributed by atoms with Gasteiger partial charge in [0.25, 0.3) is 5.56 Å². The number of aromatic nitrogens is 4. The zero-order valence-electron chi connectivity index (χ0n) is 16.9. The Morgan fingerprint density at radius 1 is 1.27 bits per heavy atom. The highest BCUT2D eigenvalue weighted by atomic mass is 16.5. The fraction of sp³-hybridized carbons (Fsp3) is 0.300. The second-order valence-electron chi connectivity index (χ2n) is 6.68. The van der Waals surface area contributed by atoms with Crippen LogP contribution in [0.2, 0.25) is 0 Å². The van der Waals surface area contributed by atoms with Crippen molar-refractivity contribution in [3.63, 3.8) is 0 Å². The molecule has 0 aliphatic carbocycles. The monoisotopic (exact) mass is 412 g/mol. The number of hydrogen-bond donors (Lipinski definition) is 2. The fourth-order valence-electron chi connectivity index (χ4n) is 2.96. The molecule has 10 heteroatoms. The number of anilines is 1. The molecule has 10 nitrogen and oxygen atoms in total. The number of ether oxygens (including phenoxy) is 1. The summed E-state index contributed by atoms with van der Waals surface area (Å²) in [4.78, 5) is 29.4. The van der Waals surface area contributed by atoms with Crippen LogP contribution in [-0.2, 0) is 25.4 Å². The van der Waals surface area contributed by atoms with E-state index < -0.39 is 17.4 Å². The van der Waals surface area contributed by atoms with Crippen LogP contribution in [0.25, 0.3) is 11.2 Å². The number of aliphatic hydroxyl groups is 1. The van der Waals surface area contributed by atoms with Gasteiger partial charge in [0.1, 0.15) is 0 Å². The van der Waals surface area contributed by atoms with Gasteiger partial charge in [-0.15, -0.1) is 6.58 Å². The van der Waals surface area contributed by atoms with Crippen molar-refractivity contribution in [3.05, 3.63) is 69.4 Å². The molecular formula is C20H24N6O4. The van der Waals surface area contributed by atoms with Crippen molar-refractivity contribution in [2.24, 2.45) is 19.2 Å². The summed E-state index contributed by atoms with van der Waals surface area (Å²) < 4.78 is 9.07. The first-order valence-corrected chi connectivity index (χ1v) is 9.31. The summed E-state index contributed by atoms with van der Waals surface area (Å²) in [6.07, 6.45) is 2.27. The van der Waals surface area contributed by atoms with E-state index in [9.17, 15) is 14.7 Å². The lowest BCUT2D eigenvalue weighted by Crippen LogP contribution is -2.38. The summed E-state index contributed by atoms with van der Waals surface area (Å²) in [5, 5.41) is 14.5. The van der Waals surface area contributed by atoms with Crippen LogP contribution in [0, 0.1) is 0 Å². The van der Waals surface area contributed by atoms with Gasteiger partial charge in [-0.3, -0.25) is 13.9 Å². The largest absolute Gasteiger partial charge is 0.389 e. The predicted octanol–water partition coefficient (Wildman–Crippen LogP) is 0.443. The van der Waals surface area contributed by atoms with Crippen molar-refractivity contribution in [1.82, 2.24) is 18.7 Å². The lowest BCUT2D eigenvalue weighted by molar-refractivity contribution is 0.0405. The van der Waals surface area contributed by atoms with E-state index >= 15 is 0 Å². The quantitative estimate of drug-likeness (QED) is 0.228. The first kappa shape index (κ1) is 21.2. The van der Waals surface area contributed by atoms with Crippen LogP contribution in [-0.4, -0.2) is 49.3 Å². The molecule has 158 valence electrons. The molecule has 2 aromatic heterocycles. The van der Waals surface area contributed by atoms with E-state index in [1.54, 1.807) is 12.3 Å². The summed E-state index contributed by atoms with van der Waals surface area (Å²) in [6.45, 7) is 3.92. The summed E-state index contributed by atoms with van der Waals surface area (Å²) in [7, 11) is 2.92. The van der Waals surface area contributed by atoms with Crippen molar-refractivity contribution in [3.8, 4) is 0 Å². The minimum Gasteiger partial charge on any atom is -0.389 e. The molecule has 3 rings (SSSR count). The third-order valence-electron chi connectivity index (χ3n) is 4.46. The molecule has 0 spiro atoms. The average molecular weight is 412 g/mol. The van der Waals surface area contributed by atoms with Crippen LogP contribution in [0.15, 0.2) is 57.7 Å². The molecule has 0 amide bonds. The van der Waals surface area contributed by atoms with Gasteiger partial charge in [0.05, 0.1) is 32.1 Å². The Bertz CT molecular complexity index is 1180. The molecule has 3 aromatic rings. The number of imidazole rings is 1. The van der Waals surface area contributed by atoms with Crippen LogP contribution >= 0.6 is 0 Å². The minimum absolute atomic E-state index is 0.0181. The lowest BCUT2D eigenvalue weighted by Gasteiger charge is -2.14. The van der Waals surface area contributed by atoms with Crippen LogP contribution < -0.4 is 16.7 Å². The summed E-state index contributed by atoms with van der Waals surface area (Å²) in [5.41, 5.74) is 3.04. The molecule has 0 aliphatic heterocycles. The highest BCUT2D eigenvalue weighted by Crippen LogP contribution is 2.16. The van der Waals surface area contributed by atoms with Gasteiger partial charge in [-0.1, -0.05) is 36.4 Å². The van der Waals surface area contributed by atoms with Crippen molar-refractivity contribution >= 4 is 23.3 Å². The number of fused-ring (bicyclic) bond motifs is 1. The van der Waals surface area contributed by atoms with E-state index in [0.29, 0.717) is 6.61 Å². The number of nitrogens with zero attached hydrogens (tertiary/aromatic N) is 5. The number of nitrogens with one attached hydrogen (secondary N) is 1. The van der Waals surface area contributed by atoms with Crippen LogP contribution in [0.1, 0.15) is 5.56 Å². The normalized spacial score (nSPS) is 12.5. The standard InChI is InChI=1S/C20H24N6O4/c1-4-10-30-13-15(27)12-26-16-17(24(2)20(29)25(3)18(16)28)22-19(26)23-21-11-14-8-6-5-7-9-14/h4-9,11,15,27H,1,10,12-13H2,2-3H3,(H,22,23)/b21-11-/t15-/m0/s1. The first-order chi connectivity index (χ1) is 14.4. The Balaban J connectivity index is 2.01. The van der Waals surface area contributed by atoms with Crippen molar-refractivity contribution in [2.75, 3.05) is 18.6 Å². The second kappa shape index (κ2) is 9.33. The molecule has 0 radical (unpaired) electrons. The van der Waals surface area contributed by atoms with Gasteiger partial charge < -0.3 is 14.4 Å². The number of aryl methyl sites for hydroxylation is 1. The van der Waals surface area contributed by atoms with Gasteiger partial charge in [0.15, 0.2) is 11.2 Å². The lowest BCUT2D eigenvalue weighted by atomic mass is 10.2. The molecule has 0 fully saturated rings. The van der Waals surface area contributed by atoms with Gasteiger partial charge in [0.2, 0.25) is 5.95 Å². The van der Waals surface area contributed by atoms with Gasteiger partial charge in [-0.05, 0) is 5.56 Å². The molecule has 0 aliphatic rings. The Morgan fingerprint density at radius 3 is 2.70 bits per heavy atom. The Morgan fingerprint density at radius 2 is 2.00 bits per heavy atom. The van der Waals surface area contributed by atoms with E-state index in [-0.39, 0.29) is 30.3 Å². The van der Waals surface area contributed by atoms with E-state index in [0.717, 1.165) is 10.1 Å². The number of hydrogen-bond acceptors (Lipinski definition) is 7. The molecule has 2 heterocycles. The van der Waals surface area contributed by atoms with Crippen LogP contribution in [0.3, 0.4) is 0 Å². The summed E-state index contributed by atoms with van der Waals surface area (Å²) in [5.74, 6) is 0.221. The number of aliphatic hydroxyl groups excluding tert-OH is 1. The second-order valence-corrected chi connectivity index (χ2v) is 6.68. The molecule has 0 saturated heterocycles. The third kappa shape index (κ3) is 4.39. The maximum Gasteiger partial charge on any atom is 0.332 e. The van der Waals surface area contributed by atoms with Gasteiger partial charge >= 0.3 is 5.69 Å². The number of hydrazone groups is 1. The highest BCUT2D eigenvalue weighted by molar-refractivity contribution is 5.80. The molecule has 2 N–H and O–H groups in total. The van der Waals surface area contributed by atoms with E-state index in [1.807, 2.05) is 30.3 Å². The molecule has 0 bridgehead atoms. The Kier molecular flexibility index (Phi) is 6.60. The van der Waals surface area contributed by atoms with E-state index in [4.69, 9.17) is 4.74 Å². The van der Waals surface area contributed by atoms with E-state index in [1.165, 1.54) is 23.2 Å². The maximum atomic E-state index is 12.8. The molecule has 0 saturated carbocycles. The Labute approximate surface area is 172 Å². The maximum absolute atomic E-state index is 12.8. The summed E-state index contributed by atoms with van der Waals surface area (Å²) in [6, 6.07) is 9.43. The summed E-state index contributed by atoms with van der Waals surface area (Å²) >= 11 is 0. The Hall–Kier alpha value is -3.50. The third-order valence-corrected chi connectivity index (χ3v) is 4.46. The molecular weight excluding hydrogens is 388 g/mol. The fourth-order valence-corrected chi connectivity index (χ4v) is 2.96. The zero-order valence-corrected chi connectivity index (χ0v) is 16.9. The topological polar surface area (TPSA) is 116 Å².